The maximum absolute atomic E-state index is 12.6. The van der Waals surface area contributed by atoms with Crippen molar-refractivity contribution >= 4 is 34.8 Å². The molecule has 0 fully saturated rings. The molecule has 0 spiro atoms. The normalized spacial score (nSPS) is 12.0. The van der Waals surface area contributed by atoms with Crippen LogP contribution in [0.2, 0.25) is 5.02 Å². The SMILES string of the molecule is CC(=O)N(c1ccc(Oc2cccc(C)c2)c(C(=O)O)c1)C(C)c1nnc2c(Cl)c(C)[nH]n12. The minimum Gasteiger partial charge on any atom is -0.478 e. The molecule has 2 heterocycles. The zero-order chi connectivity index (χ0) is 23.9. The van der Waals surface area contributed by atoms with E-state index in [4.69, 9.17) is 16.3 Å². The van der Waals surface area contributed by atoms with E-state index >= 15 is 0 Å². The fourth-order valence-electron chi connectivity index (χ4n) is 3.73. The summed E-state index contributed by atoms with van der Waals surface area (Å²) in [4.78, 5) is 26.1. The molecule has 1 amide bonds. The van der Waals surface area contributed by atoms with Gasteiger partial charge in [-0.15, -0.1) is 10.2 Å². The number of nitrogens with one attached hydrogen (secondary N) is 1. The molecular weight excluding hydrogens is 446 g/mol. The van der Waals surface area contributed by atoms with Crippen molar-refractivity contribution < 1.29 is 19.4 Å². The third kappa shape index (κ3) is 4.14. The monoisotopic (exact) mass is 467 g/mol. The van der Waals surface area contributed by atoms with E-state index in [0.717, 1.165) is 11.3 Å². The van der Waals surface area contributed by atoms with Crippen LogP contribution in [0.5, 0.6) is 11.5 Å². The van der Waals surface area contributed by atoms with Crippen LogP contribution in [0.15, 0.2) is 42.5 Å². The maximum atomic E-state index is 12.6. The second-order valence-electron chi connectivity index (χ2n) is 7.74. The maximum Gasteiger partial charge on any atom is 0.339 e. The fraction of sp³-hybridized carbons (Fsp3) is 0.217. The molecule has 10 heteroatoms. The first-order valence-corrected chi connectivity index (χ1v) is 10.6. The van der Waals surface area contributed by atoms with Crippen molar-refractivity contribution in [3.05, 3.63) is 70.1 Å². The van der Waals surface area contributed by atoms with Crippen molar-refractivity contribution in [3.8, 4) is 11.5 Å². The van der Waals surface area contributed by atoms with Crippen molar-refractivity contribution in [2.45, 2.75) is 33.7 Å². The zero-order valence-corrected chi connectivity index (χ0v) is 19.2. The molecule has 0 bridgehead atoms. The van der Waals surface area contributed by atoms with E-state index in [1.165, 1.54) is 17.9 Å². The number of aryl methyl sites for hydroxylation is 2. The highest BCUT2D eigenvalue weighted by Crippen LogP contribution is 2.34. The lowest BCUT2D eigenvalue weighted by atomic mass is 10.1. The number of fused-ring (bicyclic) bond motifs is 1. The predicted molar refractivity (Wildman–Crippen MR) is 123 cm³/mol. The topological polar surface area (TPSA) is 113 Å². The van der Waals surface area contributed by atoms with E-state index in [2.05, 4.69) is 15.3 Å². The Bertz CT molecular complexity index is 1380. The van der Waals surface area contributed by atoms with Crippen LogP contribution in [0.1, 0.15) is 47.3 Å². The van der Waals surface area contributed by atoms with Gasteiger partial charge in [-0.25, -0.2) is 9.31 Å². The number of carbonyl (C=O) groups excluding carboxylic acids is 1. The van der Waals surface area contributed by atoms with Crippen molar-refractivity contribution in [1.29, 1.82) is 0 Å². The highest BCUT2D eigenvalue weighted by atomic mass is 35.5. The number of carboxylic acid groups (broad SMARTS) is 1. The van der Waals surface area contributed by atoms with Crippen LogP contribution in [-0.2, 0) is 4.79 Å². The predicted octanol–water partition coefficient (Wildman–Crippen LogP) is 4.93. The standard InChI is InChI=1S/C23H22ClN5O4/c1-12-6-5-7-17(10-12)33-19-9-8-16(11-18(19)23(31)32)28(15(4)30)14(3)21-25-26-22-20(24)13(2)27-29(21)22/h5-11,14,27H,1-4H3,(H,31,32). The van der Waals surface area contributed by atoms with Crippen LogP contribution in [0, 0.1) is 13.8 Å². The minimum atomic E-state index is -1.17. The zero-order valence-electron chi connectivity index (χ0n) is 18.5. The molecule has 0 aliphatic rings. The van der Waals surface area contributed by atoms with Gasteiger partial charge in [0.2, 0.25) is 5.91 Å². The number of amides is 1. The van der Waals surface area contributed by atoms with E-state index in [-0.39, 0.29) is 17.2 Å². The van der Waals surface area contributed by atoms with Gasteiger partial charge in [0, 0.05) is 12.6 Å². The Balaban J connectivity index is 1.74. The van der Waals surface area contributed by atoms with Crippen molar-refractivity contribution in [3.63, 3.8) is 0 Å². The van der Waals surface area contributed by atoms with Gasteiger partial charge in [0.25, 0.3) is 0 Å². The van der Waals surface area contributed by atoms with Gasteiger partial charge in [-0.05, 0) is 56.7 Å². The quantitative estimate of drug-likeness (QED) is 0.415. The third-order valence-corrected chi connectivity index (χ3v) is 5.73. The van der Waals surface area contributed by atoms with Gasteiger partial charge in [0.05, 0.1) is 11.7 Å². The van der Waals surface area contributed by atoms with E-state index in [1.54, 1.807) is 36.6 Å². The summed E-state index contributed by atoms with van der Waals surface area (Å²) >= 11 is 6.25. The average Bonchev–Trinajstić information content (AvgIpc) is 3.28. The van der Waals surface area contributed by atoms with Gasteiger partial charge >= 0.3 is 5.97 Å². The van der Waals surface area contributed by atoms with Crippen LogP contribution in [0.4, 0.5) is 5.69 Å². The van der Waals surface area contributed by atoms with Crippen molar-refractivity contribution in [2.75, 3.05) is 4.90 Å². The summed E-state index contributed by atoms with van der Waals surface area (Å²) in [5, 5.41) is 21.6. The van der Waals surface area contributed by atoms with Crippen molar-refractivity contribution in [2.24, 2.45) is 0 Å². The van der Waals surface area contributed by atoms with E-state index in [1.807, 2.05) is 25.1 Å². The van der Waals surface area contributed by atoms with Gasteiger partial charge in [0.15, 0.2) is 11.5 Å². The molecule has 0 aliphatic carbocycles. The summed E-state index contributed by atoms with van der Waals surface area (Å²) < 4.78 is 7.44. The molecule has 4 aromatic rings. The summed E-state index contributed by atoms with van der Waals surface area (Å²) in [6.07, 6.45) is 0. The summed E-state index contributed by atoms with van der Waals surface area (Å²) in [6.45, 7) is 6.90. The molecule has 0 radical (unpaired) electrons. The first-order valence-electron chi connectivity index (χ1n) is 10.2. The van der Waals surface area contributed by atoms with Gasteiger partial charge in [-0.3, -0.25) is 9.89 Å². The average molecular weight is 468 g/mol. The number of carboxylic acids is 1. The highest BCUT2D eigenvalue weighted by molar-refractivity contribution is 6.34. The Hall–Kier alpha value is -3.85. The first kappa shape index (κ1) is 22.3. The van der Waals surface area contributed by atoms with Gasteiger partial charge in [0.1, 0.15) is 22.1 Å². The lowest BCUT2D eigenvalue weighted by Crippen LogP contribution is -2.33. The molecule has 33 heavy (non-hydrogen) atoms. The molecule has 4 rings (SSSR count). The smallest absolute Gasteiger partial charge is 0.339 e. The number of hydrogen-bond acceptors (Lipinski definition) is 5. The number of benzene rings is 2. The van der Waals surface area contributed by atoms with Crippen LogP contribution in [-0.4, -0.2) is 36.8 Å². The Kier molecular flexibility index (Phi) is 5.82. The minimum absolute atomic E-state index is 0.0717. The second kappa shape index (κ2) is 8.59. The number of halogens is 1. The number of rotatable bonds is 6. The molecule has 9 nitrogen and oxygen atoms in total. The molecule has 2 N–H and O–H groups in total. The molecule has 0 aliphatic heterocycles. The van der Waals surface area contributed by atoms with Crippen LogP contribution >= 0.6 is 11.6 Å². The summed E-state index contributed by atoms with van der Waals surface area (Å²) in [7, 11) is 0. The van der Waals surface area contributed by atoms with E-state index in [0.29, 0.717) is 27.9 Å². The lowest BCUT2D eigenvalue weighted by Gasteiger charge is -2.27. The number of nitrogens with zero attached hydrogens (tertiary/aromatic N) is 4. The number of aromatic carboxylic acids is 1. The lowest BCUT2D eigenvalue weighted by molar-refractivity contribution is -0.117. The molecule has 1 atom stereocenters. The molecule has 2 aromatic carbocycles. The van der Waals surface area contributed by atoms with Gasteiger partial charge in [-0.1, -0.05) is 23.7 Å². The fourth-order valence-corrected chi connectivity index (χ4v) is 3.89. The Morgan fingerprint density at radius 1 is 1.18 bits per heavy atom. The Morgan fingerprint density at radius 2 is 1.94 bits per heavy atom. The van der Waals surface area contributed by atoms with Crippen LogP contribution in [0.3, 0.4) is 0 Å². The van der Waals surface area contributed by atoms with E-state index < -0.39 is 12.0 Å². The Labute approximate surface area is 194 Å². The second-order valence-corrected chi connectivity index (χ2v) is 8.12. The summed E-state index contributed by atoms with van der Waals surface area (Å²) in [5.74, 6) is -0.326. The number of ether oxygens (including phenoxy) is 1. The third-order valence-electron chi connectivity index (χ3n) is 5.28. The van der Waals surface area contributed by atoms with Crippen molar-refractivity contribution in [1.82, 2.24) is 19.8 Å². The summed E-state index contributed by atoms with van der Waals surface area (Å²) in [6, 6.07) is 11.3. The number of aromatic amines is 1. The number of anilines is 1. The van der Waals surface area contributed by atoms with Crippen LogP contribution in [0.25, 0.3) is 5.65 Å². The number of hydrogen-bond donors (Lipinski definition) is 2. The molecule has 0 saturated carbocycles. The molecular formula is C23H22ClN5O4. The number of H-pyrrole nitrogens is 1. The van der Waals surface area contributed by atoms with E-state index in [9.17, 15) is 14.7 Å². The number of carbonyl (C=O) groups is 2. The summed E-state index contributed by atoms with van der Waals surface area (Å²) in [5.41, 5.74) is 2.47. The Morgan fingerprint density at radius 3 is 2.61 bits per heavy atom. The van der Waals surface area contributed by atoms with Crippen LogP contribution < -0.4 is 9.64 Å². The molecule has 1 unspecified atom stereocenters. The molecule has 0 saturated heterocycles. The largest absolute Gasteiger partial charge is 0.478 e. The van der Waals surface area contributed by atoms with Gasteiger partial charge in [-0.2, -0.15) is 0 Å². The highest BCUT2D eigenvalue weighted by Gasteiger charge is 2.28. The first-order chi connectivity index (χ1) is 15.7. The number of aromatic nitrogens is 4. The molecule has 2 aromatic heterocycles. The molecule has 170 valence electrons. The van der Waals surface area contributed by atoms with Gasteiger partial charge < -0.3 is 14.7 Å².